The van der Waals surface area contributed by atoms with Gasteiger partial charge >= 0.3 is 0 Å². The number of hydrogen-bond acceptors (Lipinski definition) is 3. The van der Waals surface area contributed by atoms with Gasteiger partial charge in [0.1, 0.15) is 11.3 Å². The molecule has 108 valence electrons. The number of fused-ring (bicyclic) bond motifs is 1. The first-order chi connectivity index (χ1) is 10.3. The lowest BCUT2D eigenvalue weighted by Gasteiger charge is -2.08. The monoisotopic (exact) mass is 300 g/mol. The van der Waals surface area contributed by atoms with Crippen LogP contribution in [0, 0.1) is 0 Å². The molecule has 0 saturated heterocycles. The van der Waals surface area contributed by atoms with E-state index in [4.69, 9.17) is 22.3 Å². The summed E-state index contributed by atoms with van der Waals surface area (Å²) in [5, 5.41) is 0.609. The molecule has 0 saturated carbocycles. The molecule has 2 N–H and O–H groups in total. The second-order valence-electron chi connectivity index (χ2n) is 4.98. The van der Waals surface area contributed by atoms with E-state index in [1.165, 1.54) is 5.56 Å². The standard InChI is InChI=1S/C16H17ClN4/c17-13-10-14-16(19-11-13)21(8-4-7-18)15(20-14)9-12-5-2-1-3-6-12/h1-3,5-6,10-11H,4,7-9,18H2. The summed E-state index contributed by atoms with van der Waals surface area (Å²) in [5.41, 5.74) is 8.58. The Hall–Kier alpha value is -1.91. The number of benzene rings is 1. The predicted octanol–water partition coefficient (Wildman–Crippen LogP) is 3.02. The largest absolute Gasteiger partial charge is 0.330 e. The number of nitrogens with two attached hydrogens (primary N) is 1. The third-order valence-corrected chi connectivity index (χ3v) is 3.63. The first-order valence-corrected chi connectivity index (χ1v) is 7.40. The highest BCUT2D eigenvalue weighted by Crippen LogP contribution is 2.20. The second kappa shape index (κ2) is 6.24. The number of aryl methyl sites for hydroxylation is 1. The minimum atomic E-state index is 0.609. The van der Waals surface area contributed by atoms with E-state index in [1.54, 1.807) is 6.20 Å². The Kier molecular flexibility index (Phi) is 4.18. The SMILES string of the molecule is NCCCn1c(Cc2ccccc2)nc2cc(Cl)cnc21. The molecule has 0 atom stereocenters. The number of halogens is 1. The van der Waals surface area contributed by atoms with Crippen LogP contribution in [0.5, 0.6) is 0 Å². The third-order valence-electron chi connectivity index (χ3n) is 3.42. The van der Waals surface area contributed by atoms with E-state index in [0.29, 0.717) is 11.6 Å². The minimum absolute atomic E-state index is 0.609. The third kappa shape index (κ3) is 3.06. The molecule has 0 aliphatic rings. The van der Waals surface area contributed by atoms with Gasteiger partial charge in [0, 0.05) is 19.2 Å². The molecule has 3 rings (SSSR count). The van der Waals surface area contributed by atoms with Crippen molar-refractivity contribution >= 4 is 22.8 Å². The molecule has 21 heavy (non-hydrogen) atoms. The quantitative estimate of drug-likeness (QED) is 0.788. The van der Waals surface area contributed by atoms with Gasteiger partial charge in [-0.25, -0.2) is 9.97 Å². The Morgan fingerprint density at radius 1 is 1.19 bits per heavy atom. The Bertz CT molecular complexity index is 737. The van der Waals surface area contributed by atoms with Crippen molar-refractivity contribution in [1.29, 1.82) is 0 Å². The molecule has 2 heterocycles. The average Bonchev–Trinajstić information content (AvgIpc) is 2.82. The van der Waals surface area contributed by atoms with Crippen molar-refractivity contribution in [3.63, 3.8) is 0 Å². The zero-order chi connectivity index (χ0) is 14.7. The van der Waals surface area contributed by atoms with Crippen LogP contribution in [0.25, 0.3) is 11.2 Å². The molecule has 1 aromatic carbocycles. The van der Waals surface area contributed by atoms with Crippen LogP contribution in [0.1, 0.15) is 17.8 Å². The number of pyridine rings is 1. The van der Waals surface area contributed by atoms with Crippen molar-refractivity contribution in [2.24, 2.45) is 5.73 Å². The maximum absolute atomic E-state index is 6.01. The molecule has 4 nitrogen and oxygen atoms in total. The summed E-state index contributed by atoms with van der Waals surface area (Å²) in [5.74, 6) is 0.999. The number of hydrogen-bond donors (Lipinski definition) is 1. The first kappa shape index (κ1) is 14.0. The number of rotatable bonds is 5. The minimum Gasteiger partial charge on any atom is -0.330 e. The summed E-state index contributed by atoms with van der Waals surface area (Å²) in [6.45, 7) is 1.47. The summed E-state index contributed by atoms with van der Waals surface area (Å²) in [6, 6.07) is 12.2. The lowest BCUT2D eigenvalue weighted by Crippen LogP contribution is -2.09. The van der Waals surface area contributed by atoms with E-state index in [9.17, 15) is 0 Å². The predicted molar refractivity (Wildman–Crippen MR) is 85.5 cm³/mol. The van der Waals surface area contributed by atoms with Crippen molar-refractivity contribution in [3.05, 3.63) is 59.0 Å². The average molecular weight is 301 g/mol. The Balaban J connectivity index is 2.03. The van der Waals surface area contributed by atoms with E-state index in [0.717, 1.165) is 36.4 Å². The summed E-state index contributed by atoms with van der Waals surface area (Å²) in [4.78, 5) is 9.12. The van der Waals surface area contributed by atoms with Gasteiger partial charge in [0.2, 0.25) is 0 Å². The van der Waals surface area contributed by atoms with Crippen molar-refractivity contribution in [3.8, 4) is 0 Å². The highest BCUT2D eigenvalue weighted by Gasteiger charge is 2.12. The van der Waals surface area contributed by atoms with E-state index < -0.39 is 0 Å². The summed E-state index contributed by atoms with van der Waals surface area (Å²) in [6.07, 6.45) is 3.34. The molecule has 0 bridgehead atoms. The van der Waals surface area contributed by atoms with Crippen LogP contribution in [-0.2, 0) is 13.0 Å². The molecular formula is C16H17ClN4. The van der Waals surface area contributed by atoms with Gasteiger partial charge in [0.25, 0.3) is 0 Å². The van der Waals surface area contributed by atoms with E-state index in [2.05, 4.69) is 21.7 Å². The fraction of sp³-hybridized carbons (Fsp3) is 0.250. The first-order valence-electron chi connectivity index (χ1n) is 7.02. The molecule has 0 radical (unpaired) electrons. The van der Waals surface area contributed by atoms with Crippen LogP contribution in [0.3, 0.4) is 0 Å². The van der Waals surface area contributed by atoms with Crippen LogP contribution in [-0.4, -0.2) is 21.1 Å². The smallest absolute Gasteiger partial charge is 0.160 e. The van der Waals surface area contributed by atoms with Gasteiger partial charge in [-0.3, -0.25) is 0 Å². The van der Waals surface area contributed by atoms with E-state index >= 15 is 0 Å². The summed E-state index contributed by atoms with van der Waals surface area (Å²) >= 11 is 6.01. The van der Waals surface area contributed by atoms with Crippen LogP contribution < -0.4 is 5.73 Å². The normalized spacial score (nSPS) is 11.1. The Morgan fingerprint density at radius 3 is 2.76 bits per heavy atom. The van der Waals surface area contributed by atoms with Gasteiger partial charge in [-0.05, 0) is 24.6 Å². The number of imidazole rings is 1. The molecule has 0 amide bonds. The number of aromatic nitrogens is 3. The fourth-order valence-electron chi connectivity index (χ4n) is 2.43. The van der Waals surface area contributed by atoms with Gasteiger partial charge < -0.3 is 10.3 Å². The second-order valence-corrected chi connectivity index (χ2v) is 5.42. The number of nitrogens with zero attached hydrogens (tertiary/aromatic N) is 3. The van der Waals surface area contributed by atoms with Gasteiger partial charge in [0.15, 0.2) is 5.65 Å². The van der Waals surface area contributed by atoms with Gasteiger partial charge in [0.05, 0.1) is 5.02 Å². The molecule has 0 unspecified atom stereocenters. The highest BCUT2D eigenvalue weighted by molar-refractivity contribution is 6.31. The molecule has 0 aliphatic carbocycles. The van der Waals surface area contributed by atoms with Crippen LogP contribution in [0.15, 0.2) is 42.6 Å². The molecule has 5 heteroatoms. The Labute approximate surface area is 128 Å². The van der Waals surface area contributed by atoms with Gasteiger partial charge in [-0.2, -0.15) is 0 Å². The molecule has 0 fully saturated rings. The summed E-state index contributed by atoms with van der Waals surface area (Å²) < 4.78 is 2.14. The zero-order valence-corrected chi connectivity index (χ0v) is 12.4. The Morgan fingerprint density at radius 2 is 2.00 bits per heavy atom. The zero-order valence-electron chi connectivity index (χ0n) is 11.7. The van der Waals surface area contributed by atoms with Crippen molar-refractivity contribution < 1.29 is 0 Å². The maximum Gasteiger partial charge on any atom is 0.160 e. The molecule has 3 aromatic rings. The van der Waals surface area contributed by atoms with Crippen molar-refractivity contribution in [1.82, 2.24) is 14.5 Å². The topological polar surface area (TPSA) is 56.7 Å². The van der Waals surface area contributed by atoms with E-state index in [1.807, 2.05) is 24.3 Å². The van der Waals surface area contributed by atoms with Crippen molar-refractivity contribution in [2.75, 3.05) is 6.54 Å². The van der Waals surface area contributed by atoms with Crippen LogP contribution >= 0.6 is 11.6 Å². The van der Waals surface area contributed by atoms with Crippen molar-refractivity contribution in [2.45, 2.75) is 19.4 Å². The molecule has 2 aromatic heterocycles. The molecule has 0 aliphatic heterocycles. The van der Waals surface area contributed by atoms with Gasteiger partial charge in [-0.1, -0.05) is 41.9 Å². The van der Waals surface area contributed by atoms with Crippen LogP contribution in [0.4, 0.5) is 0 Å². The summed E-state index contributed by atoms with van der Waals surface area (Å²) in [7, 11) is 0. The fourth-order valence-corrected chi connectivity index (χ4v) is 2.58. The van der Waals surface area contributed by atoms with E-state index in [-0.39, 0.29) is 0 Å². The van der Waals surface area contributed by atoms with Crippen LogP contribution in [0.2, 0.25) is 5.02 Å². The lowest BCUT2D eigenvalue weighted by atomic mass is 10.1. The molecular weight excluding hydrogens is 284 g/mol. The maximum atomic E-state index is 6.01. The molecule has 0 spiro atoms. The highest BCUT2D eigenvalue weighted by atomic mass is 35.5. The van der Waals surface area contributed by atoms with Gasteiger partial charge in [-0.15, -0.1) is 0 Å². The lowest BCUT2D eigenvalue weighted by molar-refractivity contribution is 0.635.